The van der Waals surface area contributed by atoms with E-state index in [-0.39, 0.29) is 12.4 Å². The van der Waals surface area contributed by atoms with Crippen LogP contribution in [-0.4, -0.2) is 63.6 Å². The summed E-state index contributed by atoms with van der Waals surface area (Å²) < 4.78 is 58.3. The first-order valence-corrected chi connectivity index (χ1v) is 13.5. The van der Waals surface area contributed by atoms with Crippen LogP contribution in [0.3, 0.4) is 0 Å². The Labute approximate surface area is 189 Å². The highest BCUT2D eigenvalue weighted by Crippen LogP contribution is 2.66. The summed E-state index contributed by atoms with van der Waals surface area (Å²) in [5, 5.41) is 0.498. The van der Waals surface area contributed by atoms with Gasteiger partial charge in [-0.15, -0.1) is 0 Å². The average Bonchev–Trinajstić information content (AvgIpc) is 3.43. The van der Waals surface area contributed by atoms with E-state index in [1.54, 1.807) is 23.2 Å². The number of fused-ring (bicyclic) bond motifs is 1. The number of nitrogens with zero attached hydrogens (tertiary/aromatic N) is 4. The minimum Gasteiger partial charge on any atom is -0.383 e. The normalized spacial score (nSPS) is 22.6. The average molecular weight is 542 g/mol. The van der Waals surface area contributed by atoms with Gasteiger partial charge in [-0.1, -0.05) is 0 Å². The Morgan fingerprint density at radius 2 is 1.91 bits per heavy atom. The Hall–Kier alpha value is -2.04. The van der Waals surface area contributed by atoms with Crippen molar-refractivity contribution in [3.05, 3.63) is 24.9 Å². The van der Waals surface area contributed by atoms with E-state index in [4.69, 9.17) is 25.0 Å². The molecule has 1 fully saturated rings. The molecule has 7 N–H and O–H groups in total. The van der Waals surface area contributed by atoms with E-state index in [1.807, 2.05) is 0 Å². The van der Waals surface area contributed by atoms with Gasteiger partial charge in [0, 0.05) is 24.2 Å². The summed E-state index contributed by atoms with van der Waals surface area (Å²) in [5.41, 5.74) is 6.99. The number of phosphoric ester groups is 1. The number of anilines is 1. The van der Waals surface area contributed by atoms with Crippen LogP contribution in [0.4, 0.5) is 5.82 Å². The van der Waals surface area contributed by atoms with Crippen molar-refractivity contribution in [2.45, 2.75) is 12.5 Å². The zero-order valence-corrected chi connectivity index (χ0v) is 19.3. The number of nitrogen functional groups attached to an aromatic ring is 1. The maximum atomic E-state index is 11.9. The zero-order valence-electron chi connectivity index (χ0n) is 16.6. The van der Waals surface area contributed by atoms with Crippen LogP contribution in [0.5, 0.6) is 0 Å². The number of ether oxygens (including phenoxy) is 2. The van der Waals surface area contributed by atoms with E-state index in [9.17, 15) is 23.5 Å². The topological polar surface area (TPSA) is 264 Å². The molecule has 1 aliphatic rings. The second-order valence-electron chi connectivity index (χ2n) is 6.59. The van der Waals surface area contributed by atoms with Gasteiger partial charge in [0.1, 0.15) is 30.2 Å². The molecule has 4 heterocycles. The monoisotopic (exact) mass is 542 g/mol. The Balaban J connectivity index is 1.45. The first-order chi connectivity index (χ1) is 15.8. The van der Waals surface area contributed by atoms with Crippen LogP contribution in [0.25, 0.3) is 22.4 Å². The van der Waals surface area contributed by atoms with Crippen molar-refractivity contribution >= 4 is 40.3 Å². The van der Waals surface area contributed by atoms with Crippen molar-refractivity contribution in [1.82, 2.24) is 24.5 Å². The third-order valence-electron chi connectivity index (χ3n) is 4.23. The molecule has 1 saturated heterocycles. The van der Waals surface area contributed by atoms with Crippen LogP contribution in [0.1, 0.15) is 6.23 Å². The van der Waals surface area contributed by atoms with Crippen LogP contribution in [0.15, 0.2) is 24.9 Å². The van der Waals surface area contributed by atoms with Gasteiger partial charge < -0.3 is 44.3 Å². The Morgan fingerprint density at radius 1 is 1.15 bits per heavy atom. The molecule has 21 heteroatoms. The lowest BCUT2D eigenvalue weighted by atomic mass is 10.2. The summed E-state index contributed by atoms with van der Waals surface area (Å²) in [5.74, 6) is 0.687. The van der Waals surface area contributed by atoms with Gasteiger partial charge in [0.15, 0.2) is 12.5 Å². The summed E-state index contributed by atoms with van der Waals surface area (Å²) in [4.78, 5) is 51.2. The molecule has 0 aromatic carbocycles. The molecule has 0 spiro atoms. The summed E-state index contributed by atoms with van der Waals surface area (Å²) in [6.07, 6.45) is 4.03. The summed E-state index contributed by atoms with van der Waals surface area (Å²) in [6.45, 7) is -0.822. The highest BCUT2D eigenvalue weighted by Gasteiger charge is 2.41. The standard InChI is InChI=1S/C13H17N6O12P3/c14-11-10-7(12-15-1-2-16-12)3-19(13(10)18-6-17-11)8-4-27-9(29-8)5-28-33(23,24)31-34(25,26)30-32(20,21)22/h1-3,6,8-9H,4-5H2,(H,15,16)(H,23,24)(H,25,26)(H2,14,17,18)(H2,20,21,22)/t8-,9-/m1/s1. The number of H-pyrrole nitrogens is 1. The van der Waals surface area contributed by atoms with Crippen LogP contribution < -0.4 is 5.73 Å². The molecule has 0 radical (unpaired) electrons. The summed E-state index contributed by atoms with van der Waals surface area (Å²) in [6, 6.07) is 0. The Kier molecular flexibility index (Phi) is 6.78. The van der Waals surface area contributed by atoms with Crippen molar-refractivity contribution in [1.29, 1.82) is 0 Å². The van der Waals surface area contributed by atoms with Gasteiger partial charge in [0.25, 0.3) is 0 Å². The third kappa shape index (κ3) is 5.78. The molecule has 4 atom stereocenters. The smallest absolute Gasteiger partial charge is 0.383 e. The summed E-state index contributed by atoms with van der Waals surface area (Å²) >= 11 is 0. The van der Waals surface area contributed by atoms with E-state index in [2.05, 4.69) is 33.1 Å². The van der Waals surface area contributed by atoms with Gasteiger partial charge in [-0.25, -0.2) is 28.6 Å². The lowest BCUT2D eigenvalue weighted by Crippen LogP contribution is -2.17. The van der Waals surface area contributed by atoms with Crippen molar-refractivity contribution in [2.24, 2.45) is 0 Å². The van der Waals surface area contributed by atoms with Gasteiger partial charge in [0.2, 0.25) is 0 Å². The molecule has 0 amide bonds. The van der Waals surface area contributed by atoms with E-state index in [0.29, 0.717) is 22.4 Å². The van der Waals surface area contributed by atoms with Gasteiger partial charge in [-0.3, -0.25) is 4.52 Å². The van der Waals surface area contributed by atoms with Crippen LogP contribution in [0.2, 0.25) is 0 Å². The predicted octanol–water partition coefficient (Wildman–Crippen LogP) is 0.618. The van der Waals surface area contributed by atoms with Crippen LogP contribution in [-0.2, 0) is 36.3 Å². The number of hydrogen-bond acceptors (Lipinski definition) is 12. The molecular weight excluding hydrogens is 525 g/mol. The maximum Gasteiger partial charge on any atom is 0.490 e. The molecule has 0 aliphatic carbocycles. The van der Waals surface area contributed by atoms with E-state index >= 15 is 0 Å². The van der Waals surface area contributed by atoms with Crippen molar-refractivity contribution in [2.75, 3.05) is 18.9 Å². The minimum atomic E-state index is -5.63. The molecule has 1 aliphatic heterocycles. The zero-order chi connectivity index (χ0) is 24.7. The van der Waals surface area contributed by atoms with E-state index < -0.39 is 42.6 Å². The third-order valence-corrected chi connectivity index (χ3v) is 8.03. The van der Waals surface area contributed by atoms with Gasteiger partial charge in [0.05, 0.1) is 12.0 Å². The second-order valence-corrected chi connectivity index (χ2v) is 11.0. The van der Waals surface area contributed by atoms with Crippen molar-refractivity contribution < 1.29 is 55.9 Å². The molecule has 4 rings (SSSR count). The molecule has 2 unspecified atom stereocenters. The highest BCUT2D eigenvalue weighted by molar-refractivity contribution is 7.66. The maximum absolute atomic E-state index is 11.9. The molecule has 0 saturated carbocycles. The molecular formula is C13H17N6O12P3. The van der Waals surface area contributed by atoms with E-state index in [1.165, 1.54) is 6.33 Å². The lowest BCUT2D eigenvalue weighted by Gasteiger charge is -2.18. The summed E-state index contributed by atoms with van der Waals surface area (Å²) in [7, 11) is -16.4. The highest BCUT2D eigenvalue weighted by atomic mass is 31.3. The molecule has 3 aromatic heterocycles. The number of imidazole rings is 1. The molecule has 3 aromatic rings. The molecule has 186 valence electrons. The van der Waals surface area contributed by atoms with Gasteiger partial charge in [-0.05, 0) is 0 Å². The van der Waals surface area contributed by atoms with E-state index in [0.717, 1.165) is 0 Å². The van der Waals surface area contributed by atoms with Crippen molar-refractivity contribution in [3.63, 3.8) is 0 Å². The fraction of sp³-hybridized carbons (Fsp3) is 0.308. The Morgan fingerprint density at radius 3 is 2.59 bits per heavy atom. The van der Waals surface area contributed by atoms with Gasteiger partial charge in [-0.2, -0.15) is 8.62 Å². The van der Waals surface area contributed by atoms with Crippen LogP contribution >= 0.6 is 23.5 Å². The first-order valence-electron chi connectivity index (χ1n) is 9.00. The SMILES string of the molecule is Nc1ncnc2c1c(-c1ncc[nH]1)cn2[C@H]1CO[C@@H](COP(=O)(O)OP(=O)(O)OP(=O)(O)O)O1. The number of aromatic nitrogens is 5. The number of rotatable bonds is 9. The number of nitrogens with two attached hydrogens (primary N) is 1. The number of nitrogens with one attached hydrogen (secondary N) is 1. The first kappa shape index (κ1) is 25.1. The van der Waals surface area contributed by atoms with Crippen molar-refractivity contribution in [3.8, 4) is 11.4 Å². The second kappa shape index (κ2) is 9.20. The molecule has 34 heavy (non-hydrogen) atoms. The predicted molar refractivity (Wildman–Crippen MR) is 109 cm³/mol. The fourth-order valence-corrected chi connectivity index (χ4v) is 6.06. The molecule has 18 nitrogen and oxygen atoms in total. The largest absolute Gasteiger partial charge is 0.490 e. The number of phosphoric acid groups is 3. The van der Waals surface area contributed by atoms with Crippen LogP contribution in [0, 0.1) is 0 Å². The fourth-order valence-electron chi connectivity index (χ4n) is 3.06. The number of hydrogen-bond donors (Lipinski definition) is 6. The Bertz CT molecular complexity index is 1320. The van der Waals surface area contributed by atoms with Gasteiger partial charge >= 0.3 is 23.5 Å². The minimum absolute atomic E-state index is 0.0598. The quantitative estimate of drug-likeness (QED) is 0.202. The molecule has 0 bridgehead atoms. The lowest BCUT2D eigenvalue weighted by molar-refractivity contribution is -0.0960. The number of aromatic amines is 1.